The number of benzene rings is 2. The summed E-state index contributed by atoms with van der Waals surface area (Å²) >= 11 is 0. The standard InChI is InChI=1S/C18H21N/c1-3-7-16(8-4-1)15-19-13-11-18(12-14-19)17-9-5-2-6-10-17/h1-10,18H,11-15H2. The second-order valence-electron chi connectivity index (χ2n) is 5.45. The molecule has 0 atom stereocenters. The molecule has 1 nitrogen and oxygen atoms in total. The summed E-state index contributed by atoms with van der Waals surface area (Å²) in [6.07, 6.45) is 2.58. The van der Waals surface area contributed by atoms with Crippen LogP contribution in [0.25, 0.3) is 0 Å². The number of nitrogens with zero attached hydrogens (tertiary/aromatic N) is 1. The molecule has 0 spiro atoms. The predicted octanol–water partition coefficient (Wildman–Crippen LogP) is 4.07. The molecule has 0 aromatic heterocycles. The molecule has 2 aromatic rings. The smallest absolute Gasteiger partial charge is 0.0233 e. The molecular weight excluding hydrogens is 230 g/mol. The van der Waals surface area contributed by atoms with Gasteiger partial charge < -0.3 is 0 Å². The van der Waals surface area contributed by atoms with Crippen LogP contribution in [0.1, 0.15) is 29.9 Å². The van der Waals surface area contributed by atoms with E-state index in [2.05, 4.69) is 65.6 Å². The van der Waals surface area contributed by atoms with Crippen LogP contribution in [0, 0.1) is 0 Å². The van der Waals surface area contributed by atoms with E-state index in [0.717, 1.165) is 12.5 Å². The number of likely N-dealkylation sites (tertiary alicyclic amines) is 1. The molecule has 1 aliphatic heterocycles. The van der Waals surface area contributed by atoms with Gasteiger partial charge in [0.1, 0.15) is 0 Å². The quantitative estimate of drug-likeness (QED) is 0.795. The van der Waals surface area contributed by atoms with Crippen molar-refractivity contribution in [3.8, 4) is 0 Å². The van der Waals surface area contributed by atoms with Crippen molar-refractivity contribution < 1.29 is 0 Å². The molecule has 2 aromatic carbocycles. The maximum Gasteiger partial charge on any atom is 0.0233 e. The van der Waals surface area contributed by atoms with Crippen LogP contribution in [0.2, 0.25) is 0 Å². The maximum atomic E-state index is 2.58. The molecule has 0 saturated carbocycles. The Bertz CT molecular complexity index is 484. The monoisotopic (exact) mass is 251 g/mol. The number of piperidine rings is 1. The van der Waals surface area contributed by atoms with Gasteiger partial charge in [0, 0.05) is 6.54 Å². The summed E-state index contributed by atoms with van der Waals surface area (Å²) in [5.41, 5.74) is 2.95. The minimum atomic E-state index is 0.758. The first kappa shape index (κ1) is 12.4. The van der Waals surface area contributed by atoms with Gasteiger partial charge in [0.25, 0.3) is 0 Å². The fourth-order valence-electron chi connectivity index (χ4n) is 2.99. The van der Waals surface area contributed by atoms with Crippen molar-refractivity contribution in [2.45, 2.75) is 25.3 Å². The molecule has 0 radical (unpaired) electrons. The van der Waals surface area contributed by atoms with Crippen LogP contribution in [-0.2, 0) is 6.54 Å². The van der Waals surface area contributed by atoms with Crippen molar-refractivity contribution in [1.29, 1.82) is 0 Å². The highest BCUT2D eigenvalue weighted by molar-refractivity contribution is 5.20. The minimum Gasteiger partial charge on any atom is -0.299 e. The Morgan fingerprint density at radius 3 is 2.00 bits per heavy atom. The molecule has 0 unspecified atom stereocenters. The molecule has 98 valence electrons. The van der Waals surface area contributed by atoms with Crippen LogP contribution >= 0.6 is 0 Å². The molecule has 3 rings (SSSR count). The topological polar surface area (TPSA) is 3.24 Å². The Kier molecular flexibility index (Phi) is 3.95. The molecule has 1 heteroatoms. The Morgan fingerprint density at radius 1 is 0.789 bits per heavy atom. The lowest BCUT2D eigenvalue weighted by molar-refractivity contribution is 0.204. The van der Waals surface area contributed by atoms with Crippen molar-refractivity contribution in [3.63, 3.8) is 0 Å². The van der Waals surface area contributed by atoms with Crippen LogP contribution in [0.4, 0.5) is 0 Å². The summed E-state index contributed by atoms with van der Waals surface area (Å²) in [5, 5.41) is 0. The summed E-state index contributed by atoms with van der Waals surface area (Å²) in [7, 11) is 0. The molecule has 0 amide bonds. The van der Waals surface area contributed by atoms with E-state index >= 15 is 0 Å². The average molecular weight is 251 g/mol. The van der Waals surface area contributed by atoms with Gasteiger partial charge in [0.05, 0.1) is 0 Å². The molecule has 0 N–H and O–H groups in total. The largest absolute Gasteiger partial charge is 0.299 e. The fourth-order valence-corrected chi connectivity index (χ4v) is 2.99. The third-order valence-corrected chi connectivity index (χ3v) is 4.11. The molecule has 1 aliphatic rings. The SMILES string of the molecule is c1ccc(CN2CCC(c3ccccc3)CC2)cc1. The van der Waals surface area contributed by atoms with Gasteiger partial charge in [0.15, 0.2) is 0 Å². The summed E-state index contributed by atoms with van der Waals surface area (Å²) in [6, 6.07) is 21.8. The lowest BCUT2D eigenvalue weighted by atomic mass is 9.89. The highest BCUT2D eigenvalue weighted by Gasteiger charge is 2.20. The highest BCUT2D eigenvalue weighted by Crippen LogP contribution is 2.28. The van der Waals surface area contributed by atoms with E-state index in [9.17, 15) is 0 Å². The summed E-state index contributed by atoms with van der Waals surface area (Å²) in [4.78, 5) is 2.58. The van der Waals surface area contributed by atoms with Crippen LogP contribution in [0.5, 0.6) is 0 Å². The molecule has 1 fully saturated rings. The van der Waals surface area contributed by atoms with E-state index in [4.69, 9.17) is 0 Å². The zero-order chi connectivity index (χ0) is 12.9. The van der Waals surface area contributed by atoms with Crippen molar-refractivity contribution in [1.82, 2.24) is 4.90 Å². The van der Waals surface area contributed by atoms with Crippen molar-refractivity contribution in [2.75, 3.05) is 13.1 Å². The average Bonchev–Trinajstić information content (AvgIpc) is 2.50. The number of rotatable bonds is 3. The van der Waals surface area contributed by atoms with Gasteiger partial charge in [-0.05, 0) is 43.0 Å². The van der Waals surface area contributed by atoms with E-state index in [0.29, 0.717) is 0 Å². The molecule has 19 heavy (non-hydrogen) atoms. The van der Waals surface area contributed by atoms with Gasteiger partial charge >= 0.3 is 0 Å². The highest BCUT2D eigenvalue weighted by atomic mass is 15.1. The van der Waals surface area contributed by atoms with Gasteiger partial charge in [-0.3, -0.25) is 4.90 Å². The second-order valence-corrected chi connectivity index (χ2v) is 5.45. The Balaban J connectivity index is 1.55. The normalized spacial score (nSPS) is 17.5. The molecule has 0 bridgehead atoms. The number of hydrogen-bond acceptors (Lipinski definition) is 1. The van der Waals surface area contributed by atoms with E-state index in [1.165, 1.54) is 37.1 Å². The molecule has 1 heterocycles. The number of hydrogen-bond donors (Lipinski definition) is 0. The Morgan fingerprint density at radius 2 is 1.37 bits per heavy atom. The first-order valence-corrected chi connectivity index (χ1v) is 7.23. The lowest BCUT2D eigenvalue weighted by Crippen LogP contribution is -2.32. The van der Waals surface area contributed by atoms with Crippen molar-refractivity contribution >= 4 is 0 Å². The van der Waals surface area contributed by atoms with E-state index < -0.39 is 0 Å². The molecule has 0 aliphatic carbocycles. The molecule has 1 saturated heterocycles. The first-order valence-electron chi connectivity index (χ1n) is 7.23. The van der Waals surface area contributed by atoms with E-state index in [1.807, 2.05) is 0 Å². The fraction of sp³-hybridized carbons (Fsp3) is 0.333. The van der Waals surface area contributed by atoms with Gasteiger partial charge in [-0.1, -0.05) is 60.7 Å². The second kappa shape index (κ2) is 6.03. The lowest BCUT2D eigenvalue weighted by Gasteiger charge is -2.32. The van der Waals surface area contributed by atoms with Gasteiger partial charge in [-0.2, -0.15) is 0 Å². The van der Waals surface area contributed by atoms with Gasteiger partial charge in [-0.25, -0.2) is 0 Å². The first-order chi connectivity index (χ1) is 9.42. The summed E-state index contributed by atoms with van der Waals surface area (Å²) in [5.74, 6) is 0.758. The minimum absolute atomic E-state index is 0.758. The van der Waals surface area contributed by atoms with Crippen LogP contribution < -0.4 is 0 Å². The van der Waals surface area contributed by atoms with Crippen LogP contribution in [0.3, 0.4) is 0 Å². The third-order valence-electron chi connectivity index (χ3n) is 4.11. The Hall–Kier alpha value is -1.60. The summed E-state index contributed by atoms with van der Waals surface area (Å²) < 4.78 is 0. The van der Waals surface area contributed by atoms with Crippen LogP contribution in [0.15, 0.2) is 60.7 Å². The van der Waals surface area contributed by atoms with Crippen LogP contribution in [-0.4, -0.2) is 18.0 Å². The maximum absolute atomic E-state index is 2.58. The van der Waals surface area contributed by atoms with E-state index in [1.54, 1.807) is 0 Å². The summed E-state index contributed by atoms with van der Waals surface area (Å²) in [6.45, 7) is 3.53. The zero-order valence-corrected chi connectivity index (χ0v) is 11.3. The van der Waals surface area contributed by atoms with E-state index in [-0.39, 0.29) is 0 Å². The van der Waals surface area contributed by atoms with Crippen molar-refractivity contribution in [2.24, 2.45) is 0 Å². The third kappa shape index (κ3) is 3.24. The van der Waals surface area contributed by atoms with Crippen molar-refractivity contribution in [3.05, 3.63) is 71.8 Å². The predicted molar refractivity (Wildman–Crippen MR) is 80.1 cm³/mol. The zero-order valence-electron chi connectivity index (χ0n) is 11.3. The van der Waals surface area contributed by atoms with Gasteiger partial charge in [-0.15, -0.1) is 0 Å². The molecular formula is C18H21N. The Labute approximate surface area is 115 Å². The van der Waals surface area contributed by atoms with Gasteiger partial charge in [0.2, 0.25) is 0 Å².